The van der Waals surface area contributed by atoms with Crippen LogP contribution in [0.4, 0.5) is 28.4 Å². The summed E-state index contributed by atoms with van der Waals surface area (Å²) < 4.78 is 0. The Hall–Kier alpha value is -5.79. The van der Waals surface area contributed by atoms with Gasteiger partial charge in [-0.25, -0.2) is 0 Å². The second-order valence-corrected chi connectivity index (χ2v) is 22.1. The van der Waals surface area contributed by atoms with Crippen LogP contribution in [-0.2, 0) is 21.1 Å². The first-order valence-electron chi connectivity index (χ1n) is 27.0. The van der Waals surface area contributed by atoms with Crippen LogP contribution in [0.3, 0.4) is 0 Å². The maximum atomic E-state index is 9.73. The number of aryl methyl sites for hydroxylation is 2. The van der Waals surface area contributed by atoms with Gasteiger partial charge in [-0.2, -0.15) is 5.26 Å². The highest BCUT2D eigenvalue weighted by molar-refractivity contribution is 6.25. The second-order valence-electron chi connectivity index (χ2n) is 20.6. The fraction of sp³-hybridized carbons (Fsp3) is 0.368. The number of halogens is 2. The van der Waals surface area contributed by atoms with E-state index >= 15 is 0 Å². The lowest BCUT2D eigenvalue weighted by atomic mass is 9.52. The van der Waals surface area contributed by atoms with E-state index in [4.69, 9.17) is 23.2 Å². The number of nitriles is 1. The molecule has 6 aromatic carbocycles. The minimum absolute atomic E-state index is 0.147. The van der Waals surface area contributed by atoms with Crippen molar-refractivity contribution in [1.82, 2.24) is 0 Å². The molecule has 0 saturated carbocycles. The van der Waals surface area contributed by atoms with Crippen molar-refractivity contribution < 1.29 is 0 Å². The first kappa shape index (κ1) is 56.5. The molecule has 73 heavy (non-hydrogen) atoms. The summed E-state index contributed by atoms with van der Waals surface area (Å²) in [5, 5.41) is 9.73. The molecule has 0 atom stereocenters. The fourth-order valence-corrected chi connectivity index (χ4v) is 11.8. The largest absolute Gasteiger partial charge is 0.311 e. The summed E-state index contributed by atoms with van der Waals surface area (Å²) in [5.74, 6) is 0. The Bertz CT molecular complexity index is 2850. The molecule has 382 valence electrons. The molecular formula is C68H81Cl2N3. The number of allylic oxidation sites excluding steroid dienone is 4. The number of benzene rings is 6. The summed E-state index contributed by atoms with van der Waals surface area (Å²) in [6.45, 7) is 30.7. The van der Waals surface area contributed by atoms with Crippen molar-refractivity contribution in [3.05, 3.63) is 209 Å². The maximum Gasteiger partial charge on any atom is 0.0766 e. The number of anilines is 5. The average molecular weight is 1010 g/mol. The van der Waals surface area contributed by atoms with E-state index in [1.807, 2.05) is 19.9 Å². The molecule has 0 aliphatic carbocycles. The van der Waals surface area contributed by atoms with Crippen molar-refractivity contribution in [1.29, 1.82) is 5.26 Å². The lowest BCUT2D eigenvalue weighted by Crippen LogP contribution is -2.48. The van der Waals surface area contributed by atoms with Gasteiger partial charge in [0, 0.05) is 45.0 Å². The van der Waals surface area contributed by atoms with Crippen LogP contribution >= 0.6 is 23.2 Å². The van der Waals surface area contributed by atoms with Gasteiger partial charge in [-0.05, 0) is 185 Å². The topological polar surface area (TPSA) is 30.3 Å². The molecule has 0 radical (unpaired) electrons. The average Bonchev–Trinajstić information content (AvgIpc) is 3.43. The van der Waals surface area contributed by atoms with Crippen molar-refractivity contribution >= 4 is 51.6 Å². The van der Waals surface area contributed by atoms with Crippen LogP contribution in [-0.4, -0.2) is 4.87 Å². The summed E-state index contributed by atoms with van der Waals surface area (Å²) in [6, 6.07) is 54.0. The van der Waals surface area contributed by atoms with Gasteiger partial charge in [0.15, 0.2) is 0 Å². The third-order valence-electron chi connectivity index (χ3n) is 16.7. The summed E-state index contributed by atoms with van der Waals surface area (Å²) in [6.07, 6.45) is 15.7. The molecule has 0 bridgehead atoms. The van der Waals surface area contributed by atoms with E-state index in [1.54, 1.807) is 0 Å². The Balaban J connectivity index is 1.42. The highest BCUT2D eigenvalue weighted by Crippen LogP contribution is 2.54. The Morgan fingerprint density at radius 2 is 0.945 bits per heavy atom. The van der Waals surface area contributed by atoms with Crippen LogP contribution in [0.15, 0.2) is 176 Å². The molecule has 0 fully saturated rings. The molecule has 6 aromatic rings. The van der Waals surface area contributed by atoms with Crippen molar-refractivity contribution in [2.75, 3.05) is 9.80 Å². The van der Waals surface area contributed by atoms with Gasteiger partial charge in [-0.1, -0.05) is 165 Å². The standard InChI is InChI=1S/C68H81Cl2N3/c1-14-58(24-23-47-65(69,15-2)16-3)73(63-46-25-50(10)48-51(63)11)62-42-34-56(35-43-62)67(19-6,20-7)66(17-4,18-5)55-32-40-60(41-33-55)72(61-44-36-57(37-45-61)68(70,21-8)22-9)59-38-28-53(29-39-59)52-26-30-54(31-27-52)64(12,13)49-71/h14,23-48H,1,15-22H2,2-13H3. The molecule has 6 rings (SSSR count). The zero-order valence-electron chi connectivity index (χ0n) is 46.0. The summed E-state index contributed by atoms with van der Waals surface area (Å²) in [5.41, 5.74) is 15.1. The minimum atomic E-state index is -0.544. The van der Waals surface area contributed by atoms with Gasteiger partial charge >= 0.3 is 0 Å². The first-order valence-corrected chi connectivity index (χ1v) is 27.7. The molecular weight excluding hydrogens is 930 g/mol. The molecule has 0 aliphatic rings. The molecule has 0 aliphatic heterocycles. The number of hydrogen-bond acceptors (Lipinski definition) is 3. The van der Waals surface area contributed by atoms with Crippen LogP contribution in [0.2, 0.25) is 0 Å². The van der Waals surface area contributed by atoms with Crippen molar-refractivity contribution in [3.8, 4) is 17.2 Å². The van der Waals surface area contributed by atoms with E-state index in [1.165, 1.54) is 22.3 Å². The predicted molar refractivity (Wildman–Crippen MR) is 319 cm³/mol. The third-order valence-corrected chi connectivity index (χ3v) is 18.1. The molecule has 0 aromatic heterocycles. The van der Waals surface area contributed by atoms with Gasteiger partial charge in [0.1, 0.15) is 0 Å². The molecule has 0 saturated heterocycles. The molecule has 0 heterocycles. The van der Waals surface area contributed by atoms with Crippen LogP contribution in [0.1, 0.15) is 154 Å². The van der Waals surface area contributed by atoms with E-state index in [0.717, 1.165) is 108 Å². The van der Waals surface area contributed by atoms with Gasteiger partial charge in [0.25, 0.3) is 0 Å². The van der Waals surface area contributed by atoms with Crippen LogP contribution < -0.4 is 9.80 Å². The molecule has 3 nitrogen and oxygen atoms in total. The maximum absolute atomic E-state index is 9.73. The number of alkyl halides is 2. The van der Waals surface area contributed by atoms with Crippen molar-refractivity contribution in [3.63, 3.8) is 0 Å². The van der Waals surface area contributed by atoms with Crippen LogP contribution in [0.25, 0.3) is 11.1 Å². The first-order chi connectivity index (χ1) is 34.9. The quantitative estimate of drug-likeness (QED) is 0.0473. The van der Waals surface area contributed by atoms with Gasteiger partial charge in [-0.15, -0.1) is 23.2 Å². The minimum Gasteiger partial charge on any atom is -0.311 e. The van der Waals surface area contributed by atoms with E-state index in [9.17, 15) is 5.26 Å². The summed E-state index contributed by atoms with van der Waals surface area (Å²) >= 11 is 14.1. The highest BCUT2D eigenvalue weighted by Gasteiger charge is 2.49. The lowest BCUT2D eigenvalue weighted by Gasteiger charge is -2.51. The zero-order valence-corrected chi connectivity index (χ0v) is 47.6. The molecule has 0 amide bonds. The Labute approximate surface area is 451 Å². The smallest absolute Gasteiger partial charge is 0.0766 e. The van der Waals surface area contributed by atoms with E-state index < -0.39 is 10.3 Å². The Morgan fingerprint density at radius 1 is 0.534 bits per heavy atom. The van der Waals surface area contributed by atoms with E-state index in [0.29, 0.717) is 0 Å². The van der Waals surface area contributed by atoms with Crippen molar-refractivity contribution in [2.24, 2.45) is 0 Å². The molecule has 0 N–H and O–H groups in total. The number of hydrogen-bond donors (Lipinski definition) is 0. The van der Waals surface area contributed by atoms with Crippen molar-refractivity contribution in [2.45, 2.75) is 160 Å². The van der Waals surface area contributed by atoms with Gasteiger partial charge < -0.3 is 9.80 Å². The third kappa shape index (κ3) is 11.5. The molecule has 0 unspecified atom stereocenters. The van der Waals surface area contributed by atoms with E-state index in [-0.39, 0.29) is 15.7 Å². The van der Waals surface area contributed by atoms with Gasteiger partial charge in [0.05, 0.1) is 21.2 Å². The zero-order chi connectivity index (χ0) is 53.2. The molecule has 5 heteroatoms. The lowest BCUT2D eigenvalue weighted by molar-refractivity contribution is 0.177. The van der Waals surface area contributed by atoms with Crippen LogP contribution in [0.5, 0.6) is 0 Å². The molecule has 0 spiro atoms. The number of nitrogens with zero attached hydrogens (tertiary/aromatic N) is 3. The summed E-state index contributed by atoms with van der Waals surface area (Å²) in [7, 11) is 0. The Morgan fingerprint density at radius 3 is 1.34 bits per heavy atom. The van der Waals surface area contributed by atoms with Gasteiger partial charge in [-0.3, -0.25) is 0 Å². The normalized spacial score (nSPS) is 12.8. The number of rotatable bonds is 23. The predicted octanol–water partition coefficient (Wildman–Crippen LogP) is 20.9. The second kappa shape index (κ2) is 24.0. The SMILES string of the molecule is C=CC(=CC=CC(Cl)(CC)CC)N(c1ccc(C(CC)(CC)C(CC)(CC)c2ccc(N(c3ccc(-c4ccc(C(C)(C)C#N)cc4)cc3)c3ccc(C(Cl)(CC)CC)cc3)cc2)cc1)c1ccc(C)cc1C. The van der Waals surface area contributed by atoms with Crippen LogP contribution in [0, 0.1) is 25.2 Å². The summed E-state index contributed by atoms with van der Waals surface area (Å²) in [4.78, 5) is 3.91. The highest BCUT2D eigenvalue weighted by atomic mass is 35.5. The fourth-order valence-electron chi connectivity index (χ4n) is 11.6. The van der Waals surface area contributed by atoms with E-state index in [2.05, 4.69) is 249 Å². The monoisotopic (exact) mass is 1010 g/mol. The van der Waals surface area contributed by atoms with Gasteiger partial charge in [0.2, 0.25) is 0 Å². The Kier molecular flexibility index (Phi) is 18.6.